The third-order valence-corrected chi connectivity index (χ3v) is 5.92. The van der Waals surface area contributed by atoms with Gasteiger partial charge in [-0.25, -0.2) is 4.99 Å². The van der Waals surface area contributed by atoms with Crippen molar-refractivity contribution < 1.29 is 9.47 Å². The molecule has 174 valence electrons. The molecule has 1 atom stereocenters. The minimum atomic E-state index is 0.583. The molecule has 0 aliphatic carbocycles. The van der Waals surface area contributed by atoms with E-state index in [1.165, 1.54) is 11.1 Å². The first-order valence-corrected chi connectivity index (χ1v) is 11.9. The molecule has 0 saturated carbocycles. The largest absolute Gasteiger partial charge is 0.381 e. The van der Waals surface area contributed by atoms with Gasteiger partial charge in [-0.05, 0) is 37.9 Å². The zero-order valence-electron chi connectivity index (χ0n) is 19.4. The molecule has 2 aliphatic heterocycles. The molecule has 2 saturated heterocycles. The highest BCUT2D eigenvalue weighted by atomic mass is 16.5. The smallest absolute Gasteiger partial charge is 0.191 e. The average molecular weight is 432 g/mol. The molecule has 0 radical (unpaired) electrons. The number of piperazine rings is 1. The van der Waals surface area contributed by atoms with Crippen LogP contribution >= 0.6 is 0 Å². The van der Waals surface area contributed by atoms with Gasteiger partial charge in [0.15, 0.2) is 5.96 Å². The normalized spacial score (nSPS) is 20.8. The minimum Gasteiger partial charge on any atom is -0.381 e. The van der Waals surface area contributed by atoms with Gasteiger partial charge in [-0.1, -0.05) is 24.3 Å². The molecule has 3 rings (SSSR count). The fourth-order valence-corrected chi connectivity index (χ4v) is 3.87. The Kier molecular flexibility index (Phi) is 10.6. The summed E-state index contributed by atoms with van der Waals surface area (Å²) in [7, 11) is 2.20. The summed E-state index contributed by atoms with van der Waals surface area (Å²) in [6.45, 7) is 13.5. The van der Waals surface area contributed by atoms with Crippen LogP contribution in [0.15, 0.2) is 29.3 Å². The summed E-state index contributed by atoms with van der Waals surface area (Å²) in [5, 5.41) is 6.74. The van der Waals surface area contributed by atoms with Gasteiger partial charge in [0.05, 0.1) is 19.8 Å². The van der Waals surface area contributed by atoms with Crippen LogP contribution in [0.1, 0.15) is 30.9 Å². The number of rotatable bonds is 11. The summed E-state index contributed by atoms with van der Waals surface area (Å²) in [4.78, 5) is 9.67. The molecule has 2 N–H and O–H groups in total. The van der Waals surface area contributed by atoms with Crippen molar-refractivity contribution in [2.75, 3.05) is 72.7 Å². The Bertz CT molecular complexity index is 638. The number of likely N-dealkylation sites (N-methyl/N-ethyl adjacent to an activating group) is 1. The summed E-state index contributed by atoms with van der Waals surface area (Å²) in [6.07, 6.45) is 2.10. The predicted octanol–water partition coefficient (Wildman–Crippen LogP) is 1.93. The van der Waals surface area contributed by atoms with Crippen molar-refractivity contribution >= 4 is 5.96 Å². The number of guanidine groups is 1. The Morgan fingerprint density at radius 3 is 2.61 bits per heavy atom. The highest BCUT2D eigenvalue weighted by Crippen LogP contribution is 2.12. The van der Waals surface area contributed by atoms with E-state index < -0.39 is 0 Å². The Balaban J connectivity index is 1.34. The van der Waals surface area contributed by atoms with Crippen molar-refractivity contribution in [1.29, 1.82) is 0 Å². The maximum absolute atomic E-state index is 5.77. The summed E-state index contributed by atoms with van der Waals surface area (Å²) < 4.78 is 11.2. The van der Waals surface area contributed by atoms with Gasteiger partial charge in [-0.2, -0.15) is 0 Å². The number of benzene rings is 1. The van der Waals surface area contributed by atoms with Crippen LogP contribution in [0.3, 0.4) is 0 Å². The molecule has 1 aromatic carbocycles. The number of ether oxygens (including phenoxy) is 2. The average Bonchev–Trinajstić information content (AvgIpc) is 3.30. The molecule has 0 spiro atoms. The van der Waals surface area contributed by atoms with Gasteiger partial charge in [-0.15, -0.1) is 0 Å². The molecule has 2 heterocycles. The third kappa shape index (κ3) is 9.15. The summed E-state index contributed by atoms with van der Waals surface area (Å²) >= 11 is 0. The molecule has 31 heavy (non-hydrogen) atoms. The molecule has 1 aromatic rings. The van der Waals surface area contributed by atoms with Gasteiger partial charge in [0.1, 0.15) is 0 Å². The highest BCUT2D eigenvalue weighted by Gasteiger charge is 2.15. The fourth-order valence-electron chi connectivity index (χ4n) is 3.87. The van der Waals surface area contributed by atoms with Crippen molar-refractivity contribution in [2.45, 2.75) is 32.9 Å². The second kappa shape index (κ2) is 13.7. The third-order valence-electron chi connectivity index (χ3n) is 5.92. The van der Waals surface area contributed by atoms with Gasteiger partial charge in [0.25, 0.3) is 0 Å². The van der Waals surface area contributed by atoms with Gasteiger partial charge < -0.3 is 25.0 Å². The van der Waals surface area contributed by atoms with Crippen molar-refractivity contribution in [2.24, 2.45) is 10.9 Å². The van der Waals surface area contributed by atoms with E-state index in [-0.39, 0.29) is 0 Å². The van der Waals surface area contributed by atoms with Crippen LogP contribution in [0.2, 0.25) is 0 Å². The zero-order chi connectivity index (χ0) is 21.7. The van der Waals surface area contributed by atoms with Crippen LogP contribution in [-0.2, 0) is 22.6 Å². The number of nitrogens with zero attached hydrogens (tertiary/aromatic N) is 3. The first kappa shape index (κ1) is 24.0. The Morgan fingerprint density at radius 2 is 1.90 bits per heavy atom. The number of hydrogen-bond donors (Lipinski definition) is 2. The van der Waals surface area contributed by atoms with Gasteiger partial charge in [0, 0.05) is 64.9 Å². The quantitative estimate of drug-likeness (QED) is 0.317. The molecular formula is C24H41N5O2. The van der Waals surface area contributed by atoms with E-state index in [4.69, 9.17) is 14.5 Å². The molecule has 0 bridgehead atoms. The molecule has 2 fully saturated rings. The fraction of sp³-hybridized carbons (Fsp3) is 0.708. The molecule has 1 unspecified atom stereocenters. The van der Waals surface area contributed by atoms with Crippen LogP contribution in [-0.4, -0.2) is 88.5 Å². The van der Waals surface area contributed by atoms with E-state index in [1.54, 1.807) is 0 Å². The van der Waals surface area contributed by atoms with E-state index in [1.807, 2.05) is 0 Å². The lowest BCUT2D eigenvalue weighted by atomic mass is 10.1. The van der Waals surface area contributed by atoms with Gasteiger partial charge in [-0.3, -0.25) is 4.90 Å². The van der Waals surface area contributed by atoms with Crippen LogP contribution in [0.4, 0.5) is 0 Å². The van der Waals surface area contributed by atoms with Gasteiger partial charge in [0.2, 0.25) is 0 Å². The summed E-state index contributed by atoms with van der Waals surface area (Å²) in [6, 6.07) is 8.91. The van der Waals surface area contributed by atoms with Crippen molar-refractivity contribution in [3.8, 4) is 0 Å². The molecule has 7 nitrogen and oxygen atoms in total. The van der Waals surface area contributed by atoms with Crippen molar-refractivity contribution in [3.63, 3.8) is 0 Å². The van der Waals surface area contributed by atoms with Crippen LogP contribution in [0.25, 0.3) is 0 Å². The number of nitrogens with one attached hydrogen (secondary N) is 2. The van der Waals surface area contributed by atoms with E-state index in [9.17, 15) is 0 Å². The standard InChI is InChI=1S/C24H41N5O2/c1-3-25-24(26-10-4-15-30-19-23-9-16-31-20-23)27-17-21-5-7-22(8-6-21)18-29-13-11-28(2)12-14-29/h5-8,23H,3-4,9-20H2,1-2H3,(H2,25,26,27). The second-order valence-corrected chi connectivity index (χ2v) is 8.68. The molecule has 0 amide bonds. The highest BCUT2D eigenvalue weighted by molar-refractivity contribution is 5.79. The SMILES string of the molecule is CCNC(=NCc1ccc(CN2CCN(C)CC2)cc1)NCCCOCC1CCOC1. The Labute approximate surface area is 188 Å². The van der Waals surface area contributed by atoms with Crippen LogP contribution in [0.5, 0.6) is 0 Å². The Morgan fingerprint density at radius 1 is 1.13 bits per heavy atom. The molecule has 7 heteroatoms. The molecule has 2 aliphatic rings. The Hall–Kier alpha value is -1.67. The lowest BCUT2D eigenvalue weighted by Crippen LogP contribution is -2.43. The van der Waals surface area contributed by atoms with Crippen molar-refractivity contribution in [3.05, 3.63) is 35.4 Å². The number of hydrogen-bond acceptors (Lipinski definition) is 5. The zero-order valence-corrected chi connectivity index (χ0v) is 19.4. The lowest BCUT2D eigenvalue weighted by molar-refractivity contribution is 0.0888. The summed E-state index contributed by atoms with van der Waals surface area (Å²) in [5.41, 5.74) is 2.62. The second-order valence-electron chi connectivity index (χ2n) is 8.68. The molecular weight excluding hydrogens is 390 g/mol. The van der Waals surface area contributed by atoms with Gasteiger partial charge >= 0.3 is 0 Å². The maximum Gasteiger partial charge on any atom is 0.191 e. The first-order chi connectivity index (χ1) is 15.2. The summed E-state index contributed by atoms with van der Waals surface area (Å²) in [5.74, 6) is 1.45. The van der Waals surface area contributed by atoms with Crippen LogP contribution in [0, 0.1) is 5.92 Å². The van der Waals surface area contributed by atoms with E-state index in [0.717, 1.165) is 91.0 Å². The monoisotopic (exact) mass is 431 g/mol. The van der Waals surface area contributed by atoms with Crippen molar-refractivity contribution in [1.82, 2.24) is 20.4 Å². The van der Waals surface area contributed by atoms with E-state index in [0.29, 0.717) is 12.5 Å². The van der Waals surface area contributed by atoms with Crippen LogP contribution < -0.4 is 10.6 Å². The first-order valence-electron chi connectivity index (χ1n) is 11.9. The van der Waals surface area contributed by atoms with E-state index >= 15 is 0 Å². The lowest BCUT2D eigenvalue weighted by Gasteiger charge is -2.32. The number of aliphatic imine (C=N–C) groups is 1. The maximum atomic E-state index is 5.77. The minimum absolute atomic E-state index is 0.583. The topological polar surface area (TPSA) is 61.4 Å². The predicted molar refractivity (Wildman–Crippen MR) is 126 cm³/mol. The molecule has 0 aromatic heterocycles. The van der Waals surface area contributed by atoms with E-state index in [2.05, 4.69) is 58.7 Å².